The Hall–Kier alpha value is -2.05. The molecule has 0 aliphatic rings. The van der Waals surface area contributed by atoms with Gasteiger partial charge in [0.15, 0.2) is 0 Å². The lowest BCUT2D eigenvalue weighted by Crippen LogP contribution is -2.19. The van der Waals surface area contributed by atoms with Crippen molar-refractivity contribution >= 4 is 22.6 Å². The van der Waals surface area contributed by atoms with Gasteiger partial charge >= 0.3 is 0 Å². The van der Waals surface area contributed by atoms with Gasteiger partial charge in [-0.25, -0.2) is 0 Å². The van der Waals surface area contributed by atoms with E-state index in [-0.39, 0.29) is 11.5 Å². The quantitative estimate of drug-likeness (QED) is 0.831. The van der Waals surface area contributed by atoms with Crippen molar-refractivity contribution in [3.63, 3.8) is 0 Å². The summed E-state index contributed by atoms with van der Waals surface area (Å²) < 4.78 is 23.6. The van der Waals surface area contributed by atoms with Crippen molar-refractivity contribution in [1.29, 1.82) is 0 Å². The number of hydrogen-bond acceptors (Lipinski definition) is 4. The van der Waals surface area contributed by atoms with Crippen molar-refractivity contribution in [2.45, 2.75) is 0 Å². The minimum Gasteiger partial charge on any atom is -0.755 e. The van der Waals surface area contributed by atoms with Crippen LogP contribution in [0.3, 0.4) is 0 Å². The molecule has 0 aliphatic carbocycles. The molecule has 0 aromatic heterocycles. The Labute approximate surface area is 106 Å². The molecular weight excluding hydrogens is 254 g/mol. The van der Waals surface area contributed by atoms with Crippen LogP contribution in [0, 0.1) is 0 Å². The van der Waals surface area contributed by atoms with Crippen LogP contribution >= 0.6 is 0 Å². The second-order valence-electron chi connectivity index (χ2n) is 3.54. The van der Waals surface area contributed by atoms with Crippen molar-refractivity contribution in [2.75, 3.05) is 4.31 Å². The summed E-state index contributed by atoms with van der Waals surface area (Å²) in [5, 5.41) is 18.4. The van der Waals surface area contributed by atoms with Crippen LogP contribution in [0.15, 0.2) is 48.5 Å². The zero-order valence-electron chi connectivity index (χ0n) is 9.19. The van der Waals surface area contributed by atoms with E-state index >= 15 is 0 Å². The Morgan fingerprint density at radius 2 is 1.17 bits per heavy atom. The molecule has 2 aromatic carbocycles. The monoisotopic (exact) mass is 264 g/mol. The highest BCUT2D eigenvalue weighted by molar-refractivity contribution is 7.81. The first-order valence-corrected chi connectivity index (χ1v) is 6.08. The zero-order chi connectivity index (χ0) is 13.1. The average Bonchev–Trinajstić information content (AvgIpc) is 2.34. The molecule has 0 spiro atoms. The van der Waals surface area contributed by atoms with Gasteiger partial charge in [0, 0.05) is 0 Å². The Bertz CT molecular complexity index is 508. The van der Waals surface area contributed by atoms with Crippen LogP contribution < -0.4 is 4.31 Å². The summed E-state index contributed by atoms with van der Waals surface area (Å²) in [6.45, 7) is 0. The highest BCUT2D eigenvalue weighted by atomic mass is 32.2. The number of hydrogen-bond donors (Lipinski definition) is 2. The summed E-state index contributed by atoms with van der Waals surface area (Å²) in [5.41, 5.74) is 0.790. The van der Waals surface area contributed by atoms with Gasteiger partial charge in [0.25, 0.3) is 0 Å². The third kappa shape index (κ3) is 2.61. The summed E-state index contributed by atoms with van der Waals surface area (Å²) in [4.78, 5) is 0. The van der Waals surface area contributed by atoms with Gasteiger partial charge in [0.1, 0.15) is 11.5 Å². The lowest BCUT2D eigenvalue weighted by Gasteiger charge is -2.26. The molecule has 1 unspecified atom stereocenters. The van der Waals surface area contributed by atoms with Gasteiger partial charge < -0.3 is 14.8 Å². The number of nitrogens with zero attached hydrogens (tertiary/aromatic N) is 1. The van der Waals surface area contributed by atoms with E-state index in [4.69, 9.17) is 0 Å². The second kappa shape index (κ2) is 5.07. The number of benzene rings is 2. The molecule has 0 heterocycles. The standard InChI is InChI=1S/C12H11NO4S/c14-11-5-1-9(2-6-11)13(18(16)17)10-3-7-12(15)8-4-10/h1-8,14-15H,(H,16,17)/p-1. The maximum Gasteiger partial charge on any atom is 0.115 e. The molecule has 2 rings (SSSR count). The Morgan fingerprint density at radius 3 is 1.44 bits per heavy atom. The number of phenolic OH excluding ortho intramolecular Hbond substituents is 2. The van der Waals surface area contributed by atoms with Crippen LogP contribution in [-0.2, 0) is 11.3 Å². The predicted octanol–water partition coefficient (Wildman–Crippen LogP) is 2.03. The summed E-state index contributed by atoms with van der Waals surface area (Å²) in [6.07, 6.45) is 0. The Balaban J connectivity index is 2.43. The maximum atomic E-state index is 11.3. The topological polar surface area (TPSA) is 83.8 Å². The summed E-state index contributed by atoms with van der Waals surface area (Å²) >= 11 is -2.50. The van der Waals surface area contributed by atoms with Crippen LogP contribution in [0.1, 0.15) is 0 Å². The summed E-state index contributed by atoms with van der Waals surface area (Å²) in [5.74, 6) is 0.113. The first-order chi connectivity index (χ1) is 8.58. The number of aromatic hydroxyl groups is 2. The molecule has 2 aromatic rings. The smallest absolute Gasteiger partial charge is 0.115 e. The third-order valence-corrected chi connectivity index (χ3v) is 3.04. The molecule has 2 N–H and O–H groups in total. The molecule has 0 saturated heterocycles. The molecule has 0 saturated carbocycles. The van der Waals surface area contributed by atoms with Crippen LogP contribution in [0.5, 0.6) is 11.5 Å². The fourth-order valence-corrected chi connectivity index (χ4v) is 2.08. The maximum absolute atomic E-state index is 11.3. The van der Waals surface area contributed by atoms with Gasteiger partial charge in [-0.3, -0.25) is 8.51 Å². The highest BCUT2D eigenvalue weighted by Gasteiger charge is 2.10. The van der Waals surface area contributed by atoms with Gasteiger partial charge in [0.2, 0.25) is 0 Å². The van der Waals surface area contributed by atoms with Crippen molar-refractivity contribution in [1.82, 2.24) is 0 Å². The Kier molecular flexibility index (Phi) is 3.50. The van der Waals surface area contributed by atoms with Crippen molar-refractivity contribution in [3.05, 3.63) is 48.5 Å². The number of anilines is 2. The second-order valence-corrected chi connectivity index (χ2v) is 4.34. The van der Waals surface area contributed by atoms with Gasteiger partial charge in [0.05, 0.1) is 22.6 Å². The van der Waals surface area contributed by atoms with E-state index in [2.05, 4.69) is 0 Å². The fourth-order valence-electron chi connectivity index (χ4n) is 1.50. The van der Waals surface area contributed by atoms with E-state index in [1.54, 1.807) is 0 Å². The first-order valence-electron chi connectivity index (χ1n) is 5.05. The molecule has 18 heavy (non-hydrogen) atoms. The first kappa shape index (κ1) is 12.4. The molecule has 0 amide bonds. The molecule has 0 radical (unpaired) electrons. The van der Waals surface area contributed by atoms with E-state index in [0.29, 0.717) is 11.4 Å². The van der Waals surface area contributed by atoms with Gasteiger partial charge in [-0.05, 0) is 48.5 Å². The van der Waals surface area contributed by atoms with Gasteiger partial charge in [-0.15, -0.1) is 0 Å². The van der Waals surface area contributed by atoms with Gasteiger partial charge in [-0.1, -0.05) is 0 Å². The molecule has 6 heteroatoms. The molecule has 0 aliphatic heterocycles. The molecule has 1 atom stereocenters. The molecule has 0 fully saturated rings. The molecular formula is C12H10NO4S-. The summed E-state index contributed by atoms with van der Waals surface area (Å²) in [7, 11) is 0. The van der Waals surface area contributed by atoms with Crippen LogP contribution in [0.2, 0.25) is 0 Å². The molecule has 94 valence electrons. The molecule has 5 nitrogen and oxygen atoms in total. The fraction of sp³-hybridized carbons (Fsp3) is 0. The lowest BCUT2D eigenvalue weighted by molar-refractivity contribution is 0.475. The predicted molar refractivity (Wildman–Crippen MR) is 67.3 cm³/mol. The zero-order valence-corrected chi connectivity index (χ0v) is 10.0. The molecule has 0 bridgehead atoms. The number of rotatable bonds is 3. The van der Waals surface area contributed by atoms with E-state index in [1.807, 2.05) is 0 Å². The number of phenols is 2. The highest BCUT2D eigenvalue weighted by Crippen LogP contribution is 2.29. The van der Waals surface area contributed by atoms with E-state index in [0.717, 1.165) is 4.31 Å². The van der Waals surface area contributed by atoms with E-state index in [1.165, 1.54) is 48.5 Å². The lowest BCUT2D eigenvalue weighted by atomic mass is 10.2. The SMILES string of the molecule is O=S([O-])N(c1ccc(O)cc1)c1ccc(O)cc1. The van der Waals surface area contributed by atoms with Crippen LogP contribution in [0.4, 0.5) is 11.4 Å². The van der Waals surface area contributed by atoms with Crippen molar-refractivity contribution in [2.24, 2.45) is 0 Å². The average molecular weight is 264 g/mol. The minimum atomic E-state index is -2.50. The van der Waals surface area contributed by atoms with Crippen LogP contribution in [-0.4, -0.2) is 19.0 Å². The third-order valence-electron chi connectivity index (χ3n) is 2.32. The van der Waals surface area contributed by atoms with Crippen LogP contribution in [0.25, 0.3) is 0 Å². The normalized spacial score (nSPS) is 12.1. The van der Waals surface area contributed by atoms with E-state index < -0.39 is 11.3 Å². The largest absolute Gasteiger partial charge is 0.755 e. The summed E-state index contributed by atoms with van der Waals surface area (Å²) in [6, 6.07) is 11.5. The van der Waals surface area contributed by atoms with Crippen molar-refractivity contribution < 1.29 is 19.0 Å². The Morgan fingerprint density at radius 1 is 0.833 bits per heavy atom. The van der Waals surface area contributed by atoms with Gasteiger partial charge in [-0.2, -0.15) is 0 Å². The van der Waals surface area contributed by atoms with E-state index in [9.17, 15) is 19.0 Å². The van der Waals surface area contributed by atoms with Crippen molar-refractivity contribution in [3.8, 4) is 11.5 Å². The minimum absolute atomic E-state index is 0.0566.